The zero-order valence-corrected chi connectivity index (χ0v) is 29.9. The van der Waals surface area contributed by atoms with Crippen LogP contribution in [0.3, 0.4) is 0 Å². The highest BCUT2D eigenvalue weighted by molar-refractivity contribution is 6.45. The number of carbonyl (C=O) groups is 1. The topological polar surface area (TPSA) is 85.8 Å². The molecule has 1 aromatic carbocycles. The molecule has 8 rings (SSSR count). The number of halogens is 2. The minimum absolute atomic E-state index is 0.0143. The minimum atomic E-state index is -0.0143. The van der Waals surface area contributed by atoms with E-state index >= 15 is 0 Å². The van der Waals surface area contributed by atoms with Gasteiger partial charge >= 0.3 is 0 Å². The second-order valence-corrected chi connectivity index (χ2v) is 16.1. The molecule has 1 aliphatic carbocycles. The Balaban J connectivity index is 0.000000269. The fourth-order valence-corrected chi connectivity index (χ4v) is 9.25. The van der Waals surface area contributed by atoms with Gasteiger partial charge in [0.05, 0.1) is 46.6 Å². The van der Waals surface area contributed by atoms with Gasteiger partial charge in [-0.15, -0.1) is 0 Å². The highest BCUT2D eigenvalue weighted by Gasteiger charge is 2.55. The van der Waals surface area contributed by atoms with E-state index in [9.17, 15) is 4.79 Å². The lowest BCUT2D eigenvalue weighted by atomic mass is 9.60. The van der Waals surface area contributed by atoms with Crippen molar-refractivity contribution < 1.29 is 9.53 Å². The summed E-state index contributed by atoms with van der Waals surface area (Å²) in [6.07, 6.45) is 8.73. The molecule has 0 bridgehead atoms. The van der Waals surface area contributed by atoms with E-state index in [0.29, 0.717) is 21.6 Å². The first-order chi connectivity index (χ1) is 22.4. The lowest BCUT2D eigenvalue weighted by Crippen LogP contribution is -2.72. The summed E-state index contributed by atoms with van der Waals surface area (Å²) in [7, 11) is 4.36. The third-order valence-corrected chi connectivity index (χ3v) is 12.3. The maximum absolute atomic E-state index is 12.0. The number of hydrogen-bond donors (Lipinski definition) is 1. The number of likely N-dealkylation sites (tertiary alicyclic amines) is 2. The highest BCUT2D eigenvalue weighted by atomic mass is 35.5. The fraction of sp³-hybridized carbons (Fsp3) is 0.629. The number of amides is 1. The van der Waals surface area contributed by atoms with Crippen molar-refractivity contribution in [2.45, 2.75) is 70.0 Å². The summed E-state index contributed by atoms with van der Waals surface area (Å²) in [5.41, 5.74) is 4.45. The number of aromatic nitrogens is 4. The van der Waals surface area contributed by atoms with E-state index < -0.39 is 0 Å². The summed E-state index contributed by atoms with van der Waals surface area (Å²) in [4.78, 5) is 21.1. The van der Waals surface area contributed by atoms with Crippen LogP contribution in [0.15, 0.2) is 24.9 Å². The normalized spacial score (nSPS) is 23.6. The number of anilines is 1. The number of rotatable bonds is 4. The first-order valence-corrected chi connectivity index (χ1v) is 17.7. The molecule has 3 aromatic rings. The van der Waals surface area contributed by atoms with Gasteiger partial charge in [-0.2, -0.15) is 10.2 Å². The molecule has 2 spiro atoms. The van der Waals surface area contributed by atoms with Gasteiger partial charge in [-0.1, -0.05) is 29.8 Å². The summed E-state index contributed by atoms with van der Waals surface area (Å²) in [5, 5.41) is 14.6. The van der Waals surface area contributed by atoms with Gasteiger partial charge in [0.2, 0.25) is 5.91 Å². The van der Waals surface area contributed by atoms with E-state index in [4.69, 9.17) is 33.0 Å². The van der Waals surface area contributed by atoms with E-state index in [1.54, 1.807) is 0 Å². The van der Waals surface area contributed by atoms with E-state index in [2.05, 4.69) is 71.0 Å². The molecule has 5 fully saturated rings. The average Bonchev–Trinajstić information content (AvgIpc) is 3.57. The van der Waals surface area contributed by atoms with Crippen LogP contribution in [0.5, 0.6) is 0 Å². The van der Waals surface area contributed by atoms with Crippen LogP contribution in [0.25, 0.3) is 22.0 Å². The quantitative estimate of drug-likeness (QED) is 0.349. The molecule has 0 atom stereocenters. The maximum Gasteiger partial charge on any atom is 0.245 e. The summed E-state index contributed by atoms with van der Waals surface area (Å²) < 4.78 is 7.69. The zero-order chi connectivity index (χ0) is 33.3. The number of hydrogen-bond acceptors (Lipinski definition) is 7. The van der Waals surface area contributed by atoms with Gasteiger partial charge < -0.3 is 19.4 Å². The third kappa shape index (κ3) is 5.58. The zero-order valence-electron chi connectivity index (χ0n) is 28.4. The van der Waals surface area contributed by atoms with Crippen LogP contribution in [0.1, 0.15) is 57.7 Å². The predicted octanol–water partition coefficient (Wildman–Crippen LogP) is 5.79. The molecule has 254 valence electrons. The van der Waals surface area contributed by atoms with E-state index in [1.807, 2.05) is 17.2 Å². The minimum Gasteiger partial charge on any atom is -0.378 e. The van der Waals surface area contributed by atoms with Crippen molar-refractivity contribution >= 4 is 45.8 Å². The first-order valence-electron chi connectivity index (χ1n) is 16.9. The Morgan fingerprint density at radius 3 is 2.51 bits per heavy atom. The lowest BCUT2D eigenvalue weighted by molar-refractivity contribution is -0.149. The van der Waals surface area contributed by atoms with Crippen molar-refractivity contribution in [3.05, 3.63) is 40.7 Å². The average molecular weight is 684 g/mol. The number of piperidine rings is 1. The number of morpholine rings is 1. The van der Waals surface area contributed by atoms with Gasteiger partial charge in [0.1, 0.15) is 0 Å². The van der Waals surface area contributed by atoms with Crippen LogP contribution in [-0.4, -0.2) is 118 Å². The van der Waals surface area contributed by atoms with Gasteiger partial charge in [0.25, 0.3) is 0 Å². The number of ether oxygens (including phenoxy) is 1. The molecule has 1 saturated carbocycles. The van der Waals surface area contributed by atoms with Crippen LogP contribution in [0.4, 0.5) is 5.82 Å². The maximum atomic E-state index is 12.0. The van der Waals surface area contributed by atoms with E-state index in [0.717, 1.165) is 98.6 Å². The molecular weight excluding hydrogens is 635 g/mol. The fourth-order valence-electron chi connectivity index (χ4n) is 8.80. The van der Waals surface area contributed by atoms with Crippen LogP contribution in [0.2, 0.25) is 10.0 Å². The van der Waals surface area contributed by atoms with Crippen molar-refractivity contribution in [3.63, 3.8) is 0 Å². The van der Waals surface area contributed by atoms with Crippen molar-refractivity contribution in [1.29, 1.82) is 0 Å². The SMILES string of the molecule is C=CC(=O)N1CC2(CC(n3nc(N4CCCCC4(C)C)c(-c4c(Cl)c(Cl)cc5[nH]ncc45)c3C)C2)C1.CN1CC2(COCCN2C)C1. The Bertz CT molecular complexity index is 1670. The summed E-state index contributed by atoms with van der Waals surface area (Å²) in [6.45, 7) is 18.2. The number of carbonyl (C=O) groups excluding carboxylic acids is 1. The predicted molar refractivity (Wildman–Crippen MR) is 189 cm³/mol. The number of aromatic amines is 1. The summed E-state index contributed by atoms with van der Waals surface area (Å²) in [6, 6.07) is 2.13. The van der Waals surface area contributed by atoms with Crippen LogP contribution in [-0.2, 0) is 9.53 Å². The van der Waals surface area contributed by atoms with E-state index in [1.165, 1.54) is 25.6 Å². The second-order valence-electron chi connectivity index (χ2n) is 15.4. The molecule has 2 aromatic heterocycles. The molecule has 4 saturated heterocycles. The number of nitrogens with one attached hydrogen (secondary N) is 1. The molecule has 12 heteroatoms. The third-order valence-electron chi connectivity index (χ3n) is 11.5. The molecule has 4 aliphatic heterocycles. The number of likely N-dealkylation sites (N-methyl/N-ethyl adjacent to an activating group) is 2. The molecule has 47 heavy (non-hydrogen) atoms. The Morgan fingerprint density at radius 2 is 1.85 bits per heavy atom. The highest BCUT2D eigenvalue weighted by Crippen LogP contribution is 2.56. The van der Waals surface area contributed by atoms with E-state index in [-0.39, 0.29) is 16.9 Å². The number of fused-ring (bicyclic) bond motifs is 1. The molecule has 1 N–H and O–H groups in total. The van der Waals surface area contributed by atoms with Gasteiger partial charge in [-0.3, -0.25) is 19.5 Å². The Labute approximate surface area is 288 Å². The van der Waals surface area contributed by atoms with Gasteiger partial charge in [0.15, 0.2) is 5.82 Å². The summed E-state index contributed by atoms with van der Waals surface area (Å²) in [5.74, 6) is 0.998. The van der Waals surface area contributed by atoms with Crippen molar-refractivity contribution in [2.75, 3.05) is 71.5 Å². The van der Waals surface area contributed by atoms with Gasteiger partial charge in [0, 0.05) is 72.4 Å². The number of H-pyrrole nitrogens is 1. The smallest absolute Gasteiger partial charge is 0.245 e. The van der Waals surface area contributed by atoms with Crippen LogP contribution < -0.4 is 4.90 Å². The van der Waals surface area contributed by atoms with Gasteiger partial charge in [-0.05, 0) is 79.1 Å². The van der Waals surface area contributed by atoms with Crippen LogP contribution in [0, 0.1) is 12.3 Å². The first kappa shape index (κ1) is 32.9. The monoisotopic (exact) mass is 682 g/mol. The molecule has 0 radical (unpaired) electrons. The Hall–Kier alpha value is -2.63. The largest absolute Gasteiger partial charge is 0.378 e. The van der Waals surface area contributed by atoms with Crippen molar-refractivity contribution in [3.8, 4) is 11.1 Å². The van der Waals surface area contributed by atoms with Crippen molar-refractivity contribution in [1.82, 2.24) is 34.7 Å². The van der Waals surface area contributed by atoms with Gasteiger partial charge in [-0.25, -0.2) is 0 Å². The molecule has 0 unspecified atom stereocenters. The second kappa shape index (κ2) is 12.1. The summed E-state index contributed by atoms with van der Waals surface area (Å²) >= 11 is 13.5. The lowest BCUT2D eigenvalue weighted by Gasteiger charge is -2.58. The molecular formula is C35H48Cl2N8O2. The van der Waals surface area contributed by atoms with Crippen molar-refractivity contribution in [2.24, 2.45) is 5.41 Å². The molecule has 10 nitrogen and oxygen atoms in total. The molecule has 6 heterocycles. The standard InChI is InChI=1S/C27H32Cl2N6O.C8H16N2O/c1-5-21(36)33-14-27(15-33)11-17(12-27)35-16(2)22(25(32-35)34-9-7-6-8-26(34,3)4)23-18-13-30-31-20(18)10-19(28)24(23)29;1-9-5-8(6-9)7-11-4-3-10(8)2/h5,10,13,17H,1,6-9,11-12,14-15H2,2-4H3,(H,30,31);3-7H2,1-2H3. The number of benzene rings is 1. The van der Waals surface area contributed by atoms with Crippen LogP contribution >= 0.6 is 23.2 Å². The Morgan fingerprint density at radius 1 is 1.11 bits per heavy atom. The molecule has 1 amide bonds. The Kier molecular flexibility index (Phi) is 8.44. The number of nitrogens with zero attached hydrogens (tertiary/aromatic N) is 7. The molecule has 5 aliphatic rings.